The van der Waals surface area contributed by atoms with Gasteiger partial charge in [0.1, 0.15) is 11.5 Å². The van der Waals surface area contributed by atoms with Crippen LogP contribution in [0.25, 0.3) is 11.3 Å². The van der Waals surface area contributed by atoms with E-state index >= 15 is 0 Å². The van der Waals surface area contributed by atoms with Gasteiger partial charge in [0.15, 0.2) is 0 Å². The van der Waals surface area contributed by atoms with Crippen LogP contribution in [0.5, 0.6) is 11.5 Å². The van der Waals surface area contributed by atoms with Gasteiger partial charge in [-0.1, -0.05) is 46.3 Å². The van der Waals surface area contributed by atoms with Gasteiger partial charge in [-0.3, -0.25) is 9.59 Å². The van der Waals surface area contributed by atoms with Gasteiger partial charge >= 0.3 is 0 Å². The highest BCUT2D eigenvalue weighted by atomic mass is 79.9. The van der Waals surface area contributed by atoms with E-state index in [1.54, 1.807) is 30.3 Å². The number of nitrogens with one attached hydrogen (secondary N) is 1. The van der Waals surface area contributed by atoms with E-state index in [0.29, 0.717) is 30.1 Å². The molecule has 1 aromatic heterocycles. The molecule has 0 bridgehead atoms. The lowest BCUT2D eigenvalue weighted by Gasteiger charge is -2.09. The van der Waals surface area contributed by atoms with Gasteiger partial charge in [-0.15, -0.1) is 0 Å². The molecule has 166 valence electrons. The van der Waals surface area contributed by atoms with Gasteiger partial charge in [0.25, 0.3) is 5.56 Å². The van der Waals surface area contributed by atoms with Crippen LogP contribution in [-0.2, 0) is 11.3 Å². The quantitative estimate of drug-likeness (QED) is 0.325. The third kappa shape index (κ3) is 6.40. The molecule has 0 radical (unpaired) electrons. The molecule has 1 N–H and O–H groups in total. The molecule has 0 aliphatic rings. The molecule has 0 spiro atoms. The number of hydrogen-bond donors (Lipinski definition) is 1. The van der Waals surface area contributed by atoms with E-state index in [1.807, 2.05) is 54.6 Å². The van der Waals surface area contributed by atoms with E-state index < -0.39 is 0 Å². The minimum absolute atomic E-state index is 0.121. The van der Waals surface area contributed by atoms with Crippen molar-refractivity contribution in [3.05, 3.63) is 106 Å². The Morgan fingerprint density at radius 3 is 2.30 bits per heavy atom. The van der Waals surface area contributed by atoms with Crippen LogP contribution in [0.3, 0.4) is 0 Å². The van der Waals surface area contributed by atoms with Crippen molar-refractivity contribution in [1.29, 1.82) is 0 Å². The molecule has 0 saturated heterocycles. The van der Waals surface area contributed by atoms with Crippen molar-refractivity contribution in [2.24, 2.45) is 0 Å². The summed E-state index contributed by atoms with van der Waals surface area (Å²) in [7, 11) is 0. The number of benzene rings is 3. The first-order valence-electron chi connectivity index (χ1n) is 10.5. The van der Waals surface area contributed by atoms with Crippen LogP contribution in [0.4, 0.5) is 5.69 Å². The number of nitrogens with zero attached hydrogens (tertiary/aromatic N) is 2. The molecule has 0 fully saturated rings. The lowest BCUT2D eigenvalue weighted by molar-refractivity contribution is -0.116. The Kier molecular flexibility index (Phi) is 7.32. The smallest absolute Gasteiger partial charge is 0.266 e. The molecule has 0 aliphatic carbocycles. The Balaban J connectivity index is 1.29. The van der Waals surface area contributed by atoms with Gasteiger partial charge in [-0.25, -0.2) is 4.68 Å². The first-order valence-corrected chi connectivity index (χ1v) is 11.3. The lowest BCUT2D eigenvalue weighted by Crippen LogP contribution is -2.23. The second kappa shape index (κ2) is 10.7. The van der Waals surface area contributed by atoms with E-state index in [0.717, 1.165) is 15.8 Å². The zero-order valence-corrected chi connectivity index (χ0v) is 19.4. The van der Waals surface area contributed by atoms with E-state index in [9.17, 15) is 9.59 Å². The summed E-state index contributed by atoms with van der Waals surface area (Å²) in [6.07, 6.45) is 0.774. The first kappa shape index (κ1) is 22.5. The molecule has 0 atom stereocenters. The maximum absolute atomic E-state index is 12.3. The number of aryl methyl sites for hydroxylation is 1. The van der Waals surface area contributed by atoms with Crippen LogP contribution in [0, 0.1) is 0 Å². The van der Waals surface area contributed by atoms with E-state index in [-0.39, 0.29) is 17.9 Å². The molecule has 0 aliphatic heterocycles. The highest BCUT2D eigenvalue weighted by Crippen LogP contribution is 2.23. The number of amides is 1. The molecule has 4 aromatic rings. The molecular weight excluding hydrogens is 482 g/mol. The number of halogens is 1. The van der Waals surface area contributed by atoms with Crippen LogP contribution in [0.15, 0.2) is 100 Å². The van der Waals surface area contributed by atoms with Gasteiger partial charge in [0, 0.05) is 34.8 Å². The van der Waals surface area contributed by atoms with Crippen molar-refractivity contribution in [1.82, 2.24) is 9.78 Å². The third-order valence-electron chi connectivity index (χ3n) is 4.90. The summed E-state index contributed by atoms with van der Waals surface area (Å²) in [6.45, 7) is 0.362. The molecule has 3 aromatic carbocycles. The Labute approximate surface area is 200 Å². The van der Waals surface area contributed by atoms with Crippen molar-refractivity contribution in [2.45, 2.75) is 19.4 Å². The monoisotopic (exact) mass is 503 g/mol. The summed E-state index contributed by atoms with van der Waals surface area (Å²) >= 11 is 3.41. The molecule has 0 unspecified atom stereocenters. The number of para-hydroxylation sites is 1. The Morgan fingerprint density at radius 1 is 0.879 bits per heavy atom. The lowest BCUT2D eigenvalue weighted by atomic mass is 10.1. The van der Waals surface area contributed by atoms with Crippen molar-refractivity contribution in [3.63, 3.8) is 0 Å². The van der Waals surface area contributed by atoms with E-state index in [1.165, 1.54) is 10.7 Å². The van der Waals surface area contributed by atoms with Crippen LogP contribution < -0.4 is 15.6 Å². The number of hydrogen-bond acceptors (Lipinski definition) is 4. The van der Waals surface area contributed by atoms with Crippen molar-refractivity contribution < 1.29 is 9.53 Å². The fourth-order valence-electron chi connectivity index (χ4n) is 3.23. The largest absolute Gasteiger partial charge is 0.457 e. The molecule has 4 rings (SSSR count). The van der Waals surface area contributed by atoms with Gasteiger partial charge in [-0.2, -0.15) is 5.10 Å². The van der Waals surface area contributed by atoms with Gasteiger partial charge < -0.3 is 10.1 Å². The van der Waals surface area contributed by atoms with Gasteiger partial charge in [0.05, 0.1) is 5.69 Å². The number of ether oxygens (including phenoxy) is 1. The Bertz CT molecular complexity index is 1270. The van der Waals surface area contributed by atoms with Crippen molar-refractivity contribution >= 4 is 27.5 Å². The second-order valence-electron chi connectivity index (χ2n) is 7.38. The van der Waals surface area contributed by atoms with E-state index in [2.05, 4.69) is 26.3 Å². The fourth-order valence-corrected chi connectivity index (χ4v) is 3.49. The van der Waals surface area contributed by atoms with Gasteiger partial charge in [-0.05, 0) is 61.0 Å². The van der Waals surface area contributed by atoms with Crippen molar-refractivity contribution in [2.75, 3.05) is 5.32 Å². The van der Waals surface area contributed by atoms with Gasteiger partial charge in [0.2, 0.25) is 5.91 Å². The third-order valence-corrected chi connectivity index (χ3v) is 5.43. The molecule has 0 saturated carbocycles. The minimum atomic E-state index is -0.190. The highest BCUT2D eigenvalue weighted by molar-refractivity contribution is 9.10. The summed E-state index contributed by atoms with van der Waals surface area (Å²) in [5.74, 6) is 1.32. The predicted molar refractivity (Wildman–Crippen MR) is 132 cm³/mol. The summed E-state index contributed by atoms with van der Waals surface area (Å²) in [6, 6.07) is 27.6. The SMILES string of the molecule is O=C(CCCn1nc(-c2ccc(Br)cc2)ccc1=O)Nc1ccc(Oc2ccccc2)cc1. The number of rotatable bonds is 8. The number of aromatic nitrogens is 2. The molecule has 7 heteroatoms. The molecule has 33 heavy (non-hydrogen) atoms. The molecule has 1 amide bonds. The fraction of sp³-hybridized carbons (Fsp3) is 0.115. The summed E-state index contributed by atoms with van der Waals surface area (Å²) < 4.78 is 8.14. The standard InChI is InChI=1S/C26H22BrN3O3/c27-20-10-8-19(9-11-20)24-16-17-26(32)30(29-24)18-4-7-25(31)28-21-12-14-23(15-13-21)33-22-5-2-1-3-6-22/h1-3,5-6,8-17H,4,7,18H2,(H,28,31). The number of carbonyl (C=O) groups excluding carboxylic acids is 1. The average molecular weight is 504 g/mol. The predicted octanol–water partition coefficient (Wildman–Crippen LogP) is 5.88. The normalized spacial score (nSPS) is 10.6. The Morgan fingerprint density at radius 2 is 1.58 bits per heavy atom. The minimum Gasteiger partial charge on any atom is -0.457 e. The van der Waals surface area contributed by atoms with Crippen molar-refractivity contribution in [3.8, 4) is 22.8 Å². The zero-order valence-electron chi connectivity index (χ0n) is 17.8. The van der Waals surface area contributed by atoms with E-state index in [4.69, 9.17) is 4.74 Å². The summed E-state index contributed by atoms with van der Waals surface area (Å²) in [5.41, 5.74) is 2.13. The summed E-state index contributed by atoms with van der Waals surface area (Å²) in [5, 5.41) is 7.31. The van der Waals surface area contributed by atoms with Crippen LogP contribution in [0.1, 0.15) is 12.8 Å². The zero-order chi connectivity index (χ0) is 23.0. The average Bonchev–Trinajstić information content (AvgIpc) is 2.83. The highest BCUT2D eigenvalue weighted by Gasteiger charge is 2.07. The summed E-state index contributed by atoms with van der Waals surface area (Å²) in [4.78, 5) is 24.5. The van der Waals surface area contributed by atoms with Crippen LogP contribution in [0.2, 0.25) is 0 Å². The first-order chi connectivity index (χ1) is 16.1. The molecule has 6 nitrogen and oxygen atoms in total. The second-order valence-corrected chi connectivity index (χ2v) is 8.29. The van der Waals surface area contributed by atoms with Crippen LogP contribution in [-0.4, -0.2) is 15.7 Å². The molecular formula is C26H22BrN3O3. The Hall–Kier alpha value is -3.71. The topological polar surface area (TPSA) is 73.2 Å². The maximum atomic E-state index is 12.3. The number of carbonyl (C=O) groups is 1. The van der Waals surface area contributed by atoms with Crippen LogP contribution >= 0.6 is 15.9 Å². The molecule has 1 heterocycles. The maximum Gasteiger partial charge on any atom is 0.266 e. The number of anilines is 1.